The number of nitrogens with zero attached hydrogens (tertiary/aromatic N) is 2. The van der Waals surface area contributed by atoms with E-state index in [-0.39, 0.29) is 46.3 Å². The molecule has 1 spiro atoms. The molecule has 32 heavy (non-hydrogen) atoms. The molecule has 8 rings (SSSR count). The van der Waals surface area contributed by atoms with Gasteiger partial charge in [0.1, 0.15) is 5.75 Å². The Kier molecular flexibility index (Phi) is 3.52. The summed E-state index contributed by atoms with van der Waals surface area (Å²) in [5.41, 5.74) is 2.00. The maximum atomic E-state index is 14.0. The summed E-state index contributed by atoms with van der Waals surface area (Å²) >= 11 is 6.79. The van der Waals surface area contributed by atoms with Gasteiger partial charge in [0.05, 0.1) is 28.5 Å². The Morgan fingerprint density at radius 1 is 1.28 bits per heavy atom. The van der Waals surface area contributed by atoms with Crippen LogP contribution in [0.1, 0.15) is 70.3 Å². The minimum atomic E-state index is -0.298. The summed E-state index contributed by atoms with van der Waals surface area (Å²) in [6, 6.07) is 7.09. The molecular formula is C26H28ClN3O2. The minimum Gasteiger partial charge on any atom is -0.489 e. The second-order valence-corrected chi connectivity index (χ2v) is 11.8. The van der Waals surface area contributed by atoms with Gasteiger partial charge in [0.25, 0.3) is 0 Å². The van der Waals surface area contributed by atoms with Crippen molar-refractivity contribution in [3.8, 4) is 11.8 Å². The summed E-state index contributed by atoms with van der Waals surface area (Å²) in [6.07, 6.45) is 9.34. The maximum absolute atomic E-state index is 14.0. The van der Waals surface area contributed by atoms with Crippen LogP contribution in [0.25, 0.3) is 10.9 Å². The molecular weight excluding hydrogens is 422 g/mol. The molecule has 6 unspecified atom stereocenters. The van der Waals surface area contributed by atoms with Crippen molar-refractivity contribution in [3.05, 3.63) is 28.9 Å². The lowest BCUT2D eigenvalue weighted by Crippen LogP contribution is -2.69. The van der Waals surface area contributed by atoms with E-state index in [9.17, 15) is 10.1 Å². The second-order valence-electron chi connectivity index (χ2n) is 11.4. The number of nitrogens with one attached hydrogen (secondary N) is 1. The van der Waals surface area contributed by atoms with Crippen LogP contribution in [-0.2, 0) is 4.79 Å². The summed E-state index contributed by atoms with van der Waals surface area (Å²) in [5, 5.41) is 11.6. The standard InChI is InChI=1S/C26H28ClN3O2/c1-14(18-11-29-19-5-6-20(22(27)21(18)19)32-17-3-4-17)23(31)30-15-7-24(2)25(8-15)9-16(30)10-26(24,12-25)13-28/h5-6,11,14-17,29H,3-4,7-10,12H2,1-2H3. The summed E-state index contributed by atoms with van der Waals surface area (Å²) in [7, 11) is 0. The number of nitriles is 1. The van der Waals surface area contributed by atoms with Crippen LogP contribution in [0.2, 0.25) is 5.02 Å². The Bertz CT molecular complexity index is 1230. The van der Waals surface area contributed by atoms with Crippen molar-refractivity contribution in [2.75, 3.05) is 0 Å². The highest BCUT2D eigenvalue weighted by atomic mass is 35.5. The smallest absolute Gasteiger partial charge is 0.230 e. The number of hydrogen-bond donors (Lipinski definition) is 1. The molecule has 6 heteroatoms. The van der Waals surface area contributed by atoms with Crippen LogP contribution in [0.15, 0.2) is 18.3 Å². The first-order valence-corrected chi connectivity index (χ1v) is 12.4. The number of halogens is 1. The molecule has 5 saturated carbocycles. The van der Waals surface area contributed by atoms with Crippen LogP contribution in [0.4, 0.5) is 0 Å². The molecule has 1 saturated heterocycles. The Labute approximate surface area is 193 Å². The average Bonchev–Trinajstić information content (AvgIpc) is 3.45. The third kappa shape index (κ3) is 2.09. The predicted octanol–water partition coefficient (Wildman–Crippen LogP) is 5.54. The highest BCUT2D eigenvalue weighted by Crippen LogP contribution is 2.83. The number of piperidine rings is 1. The first-order valence-electron chi connectivity index (χ1n) is 12.0. The zero-order valence-electron chi connectivity index (χ0n) is 18.6. The Hall–Kier alpha value is -2.19. The van der Waals surface area contributed by atoms with E-state index < -0.39 is 0 Å². The van der Waals surface area contributed by atoms with Gasteiger partial charge in [0.2, 0.25) is 5.91 Å². The van der Waals surface area contributed by atoms with E-state index in [0.717, 1.165) is 61.4 Å². The van der Waals surface area contributed by atoms with Gasteiger partial charge in [-0.3, -0.25) is 4.79 Å². The van der Waals surface area contributed by atoms with Gasteiger partial charge in [-0.1, -0.05) is 18.5 Å². The van der Waals surface area contributed by atoms with E-state index in [2.05, 4.69) is 22.9 Å². The van der Waals surface area contributed by atoms with Crippen molar-refractivity contribution in [1.29, 1.82) is 5.26 Å². The number of carbonyl (C=O) groups is 1. The number of hydrogen-bond acceptors (Lipinski definition) is 3. The van der Waals surface area contributed by atoms with E-state index >= 15 is 0 Å². The van der Waals surface area contributed by atoms with E-state index in [1.165, 1.54) is 0 Å². The Balaban J connectivity index is 1.24. The van der Waals surface area contributed by atoms with E-state index in [1.807, 2.05) is 25.3 Å². The maximum Gasteiger partial charge on any atom is 0.230 e. The number of ether oxygens (including phenoxy) is 1. The van der Waals surface area contributed by atoms with E-state index in [0.29, 0.717) is 10.8 Å². The molecule has 1 N–H and O–H groups in total. The highest BCUT2D eigenvalue weighted by molar-refractivity contribution is 6.37. The van der Waals surface area contributed by atoms with Gasteiger partial charge in [0, 0.05) is 29.2 Å². The third-order valence-corrected chi connectivity index (χ3v) is 10.4. The molecule has 1 aliphatic heterocycles. The van der Waals surface area contributed by atoms with Gasteiger partial charge in [0.15, 0.2) is 0 Å². The molecule has 2 heterocycles. The minimum absolute atomic E-state index is 0.0767. The summed E-state index contributed by atoms with van der Waals surface area (Å²) in [6.45, 7) is 4.33. The van der Waals surface area contributed by atoms with Crippen LogP contribution in [0.3, 0.4) is 0 Å². The molecule has 2 aromatic rings. The van der Waals surface area contributed by atoms with Gasteiger partial charge < -0.3 is 14.6 Å². The number of amides is 1. The number of benzene rings is 1. The van der Waals surface area contributed by atoms with Gasteiger partial charge >= 0.3 is 0 Å². The molecule has 6 atom stereocenters. The first-order chi connectivity index (χ1) is 15.3. The lowest BCUT2D eigenvalue weighted by Gasteiger charge is -2.71. The summed E-state index contributed by atoms with van der Waals surface area (Å²) in [4.78, 5) is 19.5. The molecule has 4 bridgehead atoms. The van der Waals surface area contributed by atoms with Crippen molar-refractivity contribution in [3.63, 3.8) is 0 Å². The number of likely N-dealkylation sites (tertiary alicyclic amines) is 1. The summed E-state index contributed by atoms with van der Waals surface area (Å²) < 4.78 is 6.00. The van der Waals surface area contributed by atoms with Crippen LogP contribution >= 0.6 is 11.6 Å². The highest BCUT2D eigenvalue weighted by Gasteiger charge is 2.81. The number of aromatic nitrogens is 1. The van der Waals surface area contributed by atoms with Crippen molar-refractivity contribution in [2.45, 2.75) is 82.9 Å². The van der Waals surface area contributed by atoms with Crippen LogP contribution in [-0.4, -0.2) is 34.0 Å². The van der Waals surface area contributed by atoms with Gasteiger partial charge in [-0.2, -0.15) is 5.26 Å². The lowest BCUT2D eigenvalue weighted by atomic mass is 9.33. The zero-order valence-corrected chi connectivity index (χ0v) is 19.3. The Morgan fingerprint density at radius 3 is 2.75 bits per heavy atom. The monoisotopic (exact) mass is 449 g/mol. The molecule has 1 aromatic carbocycles. The van der Waals surface area contributed by atoms with Gasteiger partial charge in [-0.15, -0.1) is 0 Å². The molecule has 6 fully saturated rings. The predicted molar refractivity (Wildman–Crippen MR) is 121 cm³/mol. The fraction of sp³-hybridized carbons (Fsp3) is 0.615. The lowest BCUT2D eigenvalue weighted by molar-refractivity contribution is -0.218. The fourth-order valence-electron chi connectivity index (χ4n) is 8.28. The molecule has 1 aromatic heterocycles. The van der Waals surface area contributed by atoms with E-state index in [4.69, 9.17) is 16.3 Å². The summed E-state index contributed by atoms with van der Waals surface area (Å²) in [5.74, 6) is 0.591. The van der Waals surface area contributed by atoms with Crippen LogP contribution < -0.4 is 4.74 Å². The topological polar surface area (TPSA) is 69.1 Å². The number of H-pyrrole nitrogens is 1. The van der Waals surface area contributed by atoms with Crippen molar-refractivity contribution in [1.82, 2.24) is 9.88 Å². The molecule has 1 amide bonds. The van der Waals surface area contributed by atoms with Crippen LogP contribution in [0, 0.1) is 27.6 Å². The van der Waals surface area contributed by atoms with E-state index in [1.54, 1.807) is 0 Å². The molecule has 6 aliphatic rings. The number of aromatic amines is 1. The van der Waals surface area contributed by atoms with Crippen molar-refractivity contribution >= 4 is 28.4 Å². The zero-order chi connectivity index (χ0) is 22.0. The SMILES string of the molecule is CC(C(=O)N1C2CC3(C#N)CC4(C2)CC1CC34C)c1c[nH]c2ccc(OC3CC3)c(Cl)c12. The van der Waals surface area contributed by atoms with Gasteiger partial charge in [-0.25, -0.2) is 0 Å². The molecule has 5 aliphatic carbocycles. The molecule has 5 nitrogen and oxygen atoms in total. The largest absolute Gasteiger partial charge is 0.489 e. The van der Waals surface area contributed by atoms with Crippen LogP contribution in [0.5, 0.6) is 5.75 Å². The van der Waals surface area contributed by atoms with Crippen molar-refractivity contribution < 1.29 is 9.53 Å². The number of carbonyl (C=O) groups excluding carboxylic acids is 1. The number of rotatable bonds is 4. The number of fused-ring (bicyclic) bond motifs is 2. The second kappa shape index (κ2) is 5.83. The normalized spacial score (nSPS) is 39.6. The third-order valence-electron chi connectivity index (χ3n) is 10.0. The van der Waals surface area contributed by atoms with Gasteiger partial charge in [-0.05, 0) is 80.4 Å². The average molecular weight is 450 g/mol. The van der Waals surface area contributed by atoms with Crippen molar-refractivity contribution in [2.24, 2.45) is 16.2 Å². The first kappa shape index (κ1) is 19.3. The Morgan fingerprint density at radius 2 is 2.03 bits per heavy atom. The fourth-order valence-corrected chi connectivity index (χ4v) is 8.60. The molecule has 166 valence electrons. The molecule has 0 radical (unpaired) electrons. The quantitative estimate of drug-likeness (QED) is 0.666.